The third-order valence-electron chi connectivity index (χ3n) is 3.73. The molecule has 0 aliphatic carbocycles. The van der Waals surface area contributed by atoms with E-state index >= 15 is 0 Å². The van der Waals surface area contributed by atoms with Crippen LogP contribution in [-0.4, -0.2) is 17.4 Å². The summed E-state index contributed by atoms with van der Waals surface area (Å²) >= 11 is 0. The van der Waals surface area contributed by atoms with Gasteiger partial charge in [0.25, 0.3) is 5.91 Å². The molecule has 0 saturated carbocycles. The van der Waals surface area contributed by atoms with E-state index in [1.54, 1.807) is 6.92 Å². The average Bonchev–Trinajstić information content (AvgIpc) is 3.04. The number of carbonyl (C=O) groups excluding carboxylic acids is 1. The van der Waals surface area contributed by atoms with Crippen molar-refractivity contribution in [3.05, 3.63) is 70.2 Å². The van der Waals surface area contributed by atoms with Gasteiger partial charge in [0.15, 0.2) is 6.61 Å². The Bertz CT molecular complexity index is 936. The number of rotatable bonds is 6. The number of nitrogens with one attached hydrogen (secondary N) is 1. The lowest BCUT2D eigenvalue weighted by Crippen LogP contribution is -2.31. The maximum atomic E-state index is 13.3. The zero-order chi connectivity index (χ0) is 18.7. The Morgan fingerprint density at radius 2 is 2.08 bits per heavy atom. The highest BCUT2D eigenvalue weighted by molar-refractivity contribution is 5.80. The number of halogens is 1. The monoisotopic (exact) mass is 358 g/mol. The molecule has 1 aromatic heterocycles. The highest BCUT2D eigenvalue weighted by Crippen LogP contribution is 2.27. The van der Waals surface area contributed by atoms with Crippen molar-refractivity contribution in [2.24, 2.45) is 0 Å². The lowest BCUT2D eigenvalue weighted by Gasteiger charge is -2.12. The maximum Gasteiger partial charge on any atom is 0.311 e. The first-order valence-electron chi connectivity index (χ1n) is 7.78. The van der Waals surface area contributed by atoms with E-state index in [-0.39, 0.29) is 5.75 Å². The molecular weight excluding hydrogens is 343 g/mol. The van der Waals surface area contributed by atoms with Crippen LogP contribution >= 0.6 is 0 Å². The number of hydrogen-bond acceptors (Lipinski definition) is 5. The van der Waals surface area contributed by atoms with Gasteiger partial charge in [0.1, 0.15) is 17.2 Å². The van der Waals surface area contributed by atoms with Gasteiger partial charge < -0.3 is 14.5 Å². The molecule has 3 rings (SSSR count). The summed E-state index contributed by atoms with van der Waals surface area (Å²) in [5.41, 5.74) is 0.291. The maximum absolute atomic E-state index is 13.3. The Labute approximate surface area is 147 Å². The van der Waals surface area contributed by atoms with Crippen LogP contribution in [0, 0.1) is 15.9 Å². The molecular formula is C18H15FN2O5. The summed E-state index contributed by atoms with van der Waals surface area (Å²) < 4.78 is 24.0. The molecule has 0 unspecified atom stereocenters. The topological polar surface area (TPSA) is 94.6 Å². The second-order valence-electron chi connectivity index (χ2n) is 5.63. The molecule has 1 N–H and O–H groups in total. The first-order chi connectivity index (χ1) is 12.4. The van der Waals surface area contributed by atoms with Crippen LogP contribution in [0.2, 0.25) is 0 Å². The third-order valence-corrected chi connectivity index (χ3v) is 3.73. The number of benzene rings is 2. The predicted octanol–water partition coefficient (Wildman–Crippen LogP) is 3.74. The van der Waals surface area contributed by atoms with Gasteiger partial charge in [-0.3, -0.25) is 14.9 Å². The second-order valence-corrected chi connectivity index (χ2v) is 5.63. The Kier molecular flexibility index (Phi) is 4.83. The molecule has 3 aromatic rings. The molecule has 0 saturated heterocycles. The van der Waals surface area contributed by atoms with E-state index in [2.05, 4.69) is 5.32 Å². The van der Waals surface area contributed by atoms with Crippen LogP contribution in [0.25, 0.3) is 11.0 Å². The first kappa shape index (κ1) is 17.4. The van der Waals surface area contributed by atoms with E-state index in [1.807, 2.05) is 30.3 Å². The Morgan fingerprint density at radius 3 is 2.81 bits per heavy atom. The van der Waals surface area contributed by atoms with Gasteiger partial charge in [0.05, 0.1) is 11.0 Å². The number of hydrogen-bond donors (Lipinski definition) is 1. The van der Waals surface area contributed by atoms with Crippen LogP contribution < -0.4 is 10.1 Å². The summed E-state index contributed by atoms with van der Waals surface area (Å²) in [5.74, 6) is -0.948. The fourth-order valence-electron chi connectivity index (χ4n) is 2.47. The van der Waals surface area contributed by atoms with Crippen molar-refractivity contribution >= 4 is 22.6 Å². The van der Waals surface area contributed by atoms with Crippen LogP contribution in [0.1, 0.15) is 18.7 Å². The van der Waals surface area contributed by atoms with Gasteiger partial charge in [-0.25, -0.2) is 4.39 Å². The third kappa shape index (κ3) is 3.80. The number of amides is 1. The second kappa shape index (κ2) is 7.22. The SMILES string of the molecule is C[C@@H](NC(=O)COc1cc(F)ccc1[N+](=O)[O-])c1cc2ccccc2o1. The molecule has 0 aliphatic heterocycles. The minimum Gasteiger partial charge on any atom is -0.477 e. The number of nitro groups is 1. The summed E-state index contributed by atoms with van der Waals surface area (Å²) in [7, 11) is 0. The van der Waals surface area contributed by atoms with E-state index in [1.165, 1.54) is 0 Å². The van der Waals surface area contributed by atoms with Crippen LogP contribution in [0.3, 0.4) is 0 Å². The number of ether oxygens (including phenoxy) is 1. The normalized spacial score (nSPS) is 11.9. The molecule has 2 aromatic carbocycles. The molecule has 0 aliphatic rings. The van der Waals surface area contributed by atoms with Crippen molar-refractivity contribution in [2.45, 2.75) is 13.0 Å². The molecule has 0 bridgehead atoms. The van der Waals surface area contributed by atoms with Crippen LogP contribution in [-0.2, 0) is 4.79 Å². The smallest absolute Gasteiger partial charge is 0.311 e. The van der Waals surface area contributed by atoms with Crippen LogP contribution in [0.4, 0.5) is 10.1 Å². The van der Waals surface area contributed by atoms with E-state index in [9.17, 15) is 19.3 Å². The molecule has 0 spiro atoms. The van der Waals surface area contributed by atoms with Gasteiger partial charge in [-0.2, -0.15) is 0 Å². The zero-order valence-corrected chi connectivity index (χ0v) is 13.8. The molecule has 26 heavy (non-hydrogen) atoms. The van der Waals surface area contributed by atoms with Gasteiger partial charge in [0, 0.05) is 17.5 Å². The van der Waals surface area contributed by atoms with Crippen LogP contribution in [0.15, 0.2) is 52.9 Å². The number of para-hydroxylation sites is 1. The summed E-state index contributed by atoms with van der Waals surface area (Å²) in [6.07, 6.45) is 0. The largest absolute Gasteiger partial charge is 0.477 e. The van der Waals surface area contributed by atoms with Crippen molar-refractivity contribution < 1.29 is 23.3 Å². The first-order valence-corrected chi connectivity index (χ1v) is 7.78. The number of carbonyl (C=O) groups is 1. The quantitative estimate of drug-likeness (QED) is 0.535. The van der Waals surface area contributed by atoms with Crippen molar-refractivity contribution in [1.29, 1.82) is 0 Å². The number of nitro benzene ring substituents is 1. The van der Waals surface area contributed by atoms with E-state index < -0.39 is 35.0 Å². The van der Waals surface area contributed by atoms with Crippen molar-refractivity contribution in [3.63, 3.8) is 0 Å². The molecule has 7 nitrogen and oxygen atoms in total. The number of furan rings is 1. The Hall–Kier alpha value is -3.42. The highest BCUT2D eigenvalue weighted by atomic mass is 19.1. The predicted molar refractivity (Wildman–Crippen MR) is 91.3 cm³/mol. The Balaban J connectivity index is 1.64. The van der Waals surface area contributed by atoms with Crippen molar-refractivity contribution in [3.8, 4) is 5.75 Å². The van der Waals surface area contributed by atoms with Crippen molar-refractivity contribution in [2.75, 3.05) is 6.61 Å². The molecule has 0 radical (unpaired) electrons. The number of fused-ring (bicyclic) bond motifs is 1. The summed E-state index contributed by atoms with van der Waals surface area (Å²) in [6, 6.07) is 11.6. The lowest BCUT2D eigenvalue weighted by atomic mass is 10.2. The van der Waals surface area contributed by atoms with Crippen LogP contribution in [0.5, 0.6) is 5.75 Å². The molecule has 0 fully saturated rings. The molecule has 134 valence electrons. The summed E-state index contributed by atoms with van der Waals surface area (Å²) in [4.78, 5) is 22.3. The van der Waals surface area contributed by atoms with Gasteiger partial charge in [-0.05, 0) is 25.1 Å². The van der Waals surface area contributed by atoms with Gasteiger partial charge >= 0.3 is 5.69 Å². The van der Waals surface area contributed by atoms with E-state index in [0.717, 1.165) is 23.6 Å². The van der Waals surface area contributed by atoms with Gasteiger partial charge in [-0.15, -0.1) is 0 Å². The fraction of sp³-hybridized carbons (Fsp3) is 0.167. The standard InChI is InChI=1S/C18H15FN2O5/c1-11(16-8-12-4-2-3-5-15(12)26-16)20-18(22)10-25-17-9-13(19)6-7-14(17)21(23)24/h2-9,11H,10H2,1H3,(H,20,22)/t11-/m1/s1. The lowest BCUT2D eigenvalue weighted by molar-refractivity contribution is -0.385. The van der Waals surface area contributed by atoms with E-state index in [0.29, 0.717) is 11.3 Å². The molecule has 1 amide bonds. The molecule has 1 atom stereocenters. The molecule has 8 heteroatoms. The van der Waals surface area contributed by atoms with Gasteiger partial charge in [-0.1, -0.05) is 18.2 Å². The minimum absolute atomic E-state index is 0.304. The highest BCUT2D eigenvalue weighted by Gasteiger charge is 2.19. The zero-order valence-electron chi connectivity index (χ0n) is 13.8. The summed E-state index contributed by atoms with van der Waals surface area (Å²) in [5, 5.41) is 14.5. The summed E-state index contributed by atoms with van der Waals surface area (Å²) in [6.45, 7) is 1.25. The number of nitrogens with zero attached hydrogens (tertiary/aromatic N) is 1. The fourth-order valence-corrected chi connectivity index (χ4v) is 2.47. The van der Waals surface area contributed by atoms with Gasteiger partial charge in [0.2, 0.25) is 5.75 Å². The minimum atomic E-state index is -0.705. The van der Waals surface area contributed by atoms with Crippen molar-refractivity contribution in [1.82, 2.24) is 5.32 Å². The molecule has 1 heterocycles. The average molecular weight is 358 g/mol. The van der Waals surface area contributed by atoms with E-state index in [4.69, 9.17) is 9.15 Å². The Morgan fingerprint density at radius 1 is 1.31 bits per heavy atom.